The van der Waals surface area contributed by atoms with Gasteiger partial charge in [-0.1, -0.05) is 85.3 Å². The van der Waals surface area contributed by atoms with E-state index in [4.69, 9.17) is 0 Å². The summed E-state index contributed by atoms with van der Waals surface area (Å²) < 4.78 is 0. The second-order valence-electron chi connectivity index (χ2n) is 6.92. The molecule has 0 spiro atoms. The molecule has 0 bridgehead atoms. The van der Waals surface area contributed by atoms with E-state index in [1.807, 2.05) is 6.07 Å². The summed E-state index contributed by atoms with van der Waals surface area (Å²) in [5.41, 5.74) is 8.48. The van der Waals surface area contributed by atoms with Gasteiger partial charge in [0.25, 0.3) is 0 Å². The monoisotopic (exact) mass is 365 g/mol. The van der Waals surface area contributed by atoms with Crippen LogP contribution in [-0.4, -0.2) is 0 Å². The summed E-state index contributed by atoms with van der Waals surface area (Å²) >= 11 is 0. The van der Waals surface area contributed by atoms with Crippen LogP contribution in [0, 0.1) is 13.8 Å². The average molecular weight is 366 g/mol. The van der Waals surface area contributed by atoms with Gasteiger partial charge in [0.05, 0.1) is 0 Å². The van der Waals surface area contributed by atoms with Crippen LogP contribution in [0.3, 0.4) is 0 Å². The van der Waals surface area contributed by atoms with Gasteiger partial charge in [-0.05, 0) is 61.4 Å². The van der Waals surface area contributed by atoms with Crippen molar-refractivity contribution in [2.75, 3.05) is 4.90 Å². The maximum Gasteiger partial charge on any atom is 0.0462 e. The van der Waals surface area contributed by atoms with Crippen molar-refractivity contribution in [3.63, 3.8) is 0 Å². The molecule has 4 rings (SSSR count). The van der Waals surface area contributed by atoms with Gasteiger partial charge in [0.1, 0.15) is 0 Å². The van der Waals surface area contributed by atoms with Gasteiger partial charge in [0, 0.05) is 17.1 Å². The molecule has 4 aromatic carbocycles. The fraction of sp³-hybridized carbons (Fsp3) is 0.111. The summed E-state index contributed by atoms with van der Waals surface area (Å²) in [6.07, 6.45) is 0. The largest absolute Gasteiger partial charge is 0.311 e. The number of aryl methyl sites for hydroxylation is 2. The van der Waals surface area contributed by atoms with Crippen molar-refractivity contribution in [2.45, 2.75) is 21.3 Å². The lowest BCUT2D eigenvalue weighted by atomic mass is 10.0. The van der Waals surface area contributed by atoms with Gasteiger partial charge in [-0.2, -0.15) is 0 Å². The van der Waals surface area contributed by atoms with Gasteiger partial charge in [0.15, 0.2) is 0 Å². The summed E-state index contributed by atoms with van der Waals surface area (Å²) in [4.78, 5) is 2.30. The molecular weight excluding hydrogens is 338 g/mol. The lowest BCUT2D eigenvalue weighted by Crippen LogP contribution is -2.09. The third-order valence-electron chi connectivity index (χ3n) is 4.82. The first kappa shape index (κ1) is 19.4. The van der Waals surface area contributed by atoms with E-state index >= 15 is 0 Å². The Balaban J connectivity index is 0.00000225. The summed E-state index contributed by atoms with van der Waals surface area (Å²) in [7, 11) is 0. The Kier molecular flexibility index (Phi) is 5.96. The Morgan fingerprint density at radius 2 is 0.786 bits per heavy atom. The Labute approximate surface area is 168 Å². The van der Waals surface area contributed by atoms with E-state index in [-0.39, 0.29) is 7.43 Å². The molecule has 0 N–H and O–H groups in total. The molecule has 0 aliphatic heterocycles. The smallest absolute Gasteiger partial charge is 0.0462 e. The minimum atomic E-state index is 0. The number of benzene rings is 4. The second-order valence-corrected chi connectivity index (χ2v) is 6.92. The molecule has 0 aliphatic rings. The van der Waals surface area contributed by atoms with E-state index in [1.54, 1.807) is 0 Å². The highest BCUT2D eigenvalue weighted by Gasteiger charge is 2.12. The van der Waals surface area contributed by atoms with E-state index in [9.17, 15) is 0 Å². The van der Waals surface area contributed by atoms with E-state index < -0.39 is 0 Å². The van der Waals surface area contributed by atoms with Crippen LogP contribution in [0.15, 0.2) is 103 Å². The maximum atomic E-state index is 2.30. The quantitative estimate of drug-likeness (QED) is 0.353. The van der Waals surface area contributed by atoms with Crippen LogP contribution in [-0.2, 0) is 0 Å². The minimum Gasteiger partial charge on any atom is -0.311 e. The molecule has 28 heavy (non-hydrogen) atoms. The zero-order valence-corrected chi connectivity index (χ0v) is 15.8. The lowest BCUT2D eigenvalue weighted by molar-refractivity contribution is 1.27. The standard InChI is InChI=1S/C26H23N.CH4/c1-20-8-14-24(15-9-20)27(25-16-10-21(2)11-17-25)26-18-12-23(13-19-26)22-6-4-3-5-7-22;/h3-19H,1-2H3;1H4. The molecule has 0 radical (unpaired) electrons. The molecule has 140 valence electrons. The summed E-state index contributed by atoms with van der Waals surface area (Å²) in [6, 6.07) is 36.6. The normalized spacial score (nSPS) is 10.2. The van der Waals surface area contributed by atoms with Crippen molar-refractivity contribution >= 4 is 17.1 Å². The Hall–Kier alpha value is -3.32. The lowest BCUT2D eigenvalue weighted by Gasteiger charge is -2.26. The van der Waals surface area contributed by atoms with Gasteiger partial charge < -0.3 is 4.90 Å². The van der Waals surface area contributed by atoms with Gasteiger partial charge in [-0.15, -0.1) is 0 Å². The molecule has 4 aromatic rings. The molecule has 0 heterocycles. The van der Waals surface area contributed by atoms with E-state index in [2.05, 4.69) is 116 Å². The van der Waals surface area contributed by atoms with Crippen molar-refractivity contribution in [1.29, 1.82) is 0 Å². The molecule has 0 saturated carbocycles. The van der Waals surface area contributed by atoms with E-state index in [0.29, 0.717) is 0 Å². The fourth-order valence-electron chi connectivity index (χ4n) is 3.27. The highest BCUT2D eigenvalue weighted by molar-refractivity contribution is 5.78. The topological polar surface area (TPSA) is 3.24 Å². The summed E-state index contributed by atoms with van der Waals surface area (Å²) in [6.45, 7) is 4.24. The van der Waals surface area contributed by atoms with Gasteiger partial charge >= 0.3 is 0 Å². The first-order chi connectivity index (χ1) is 13.2. The molecule has 0 atom stereocenters. The third kappa shape index (κ3) is 4.15. The number of hydrogen-bond donors (Lipinski definition) is 0. The molecular formula is C27H27N. The predicted molar refractivity (Wildman–Crippen MR) is 123 cm³/mol. The Morgan fingerprint density at radius 1 is 0.429 bits per heavy atom. The minimum absolute atomic E-state index is 0. The van der Waals surface area contributed by atoms with Gasteiger partial charge in [0.2, 0.25) is 0 Å². The summed E-state index contributed by atoms with van der Waals surface area (Å²) in [5.74, 6) is 0. The van der Waals surface area contributed by atoms with E-state index in [0.717, 1.165) is 17.1 Å². The predicted octanol–water partition coefficient (Wildman–Crippen LogP) is 8.08. The zero-order valence-electron chi connectivity index (χ0n) is 15.8. The Morgan fingerprint density at radius 3 is 1.21 bits per heavy atom. The first-order valence-electron chi connectivity index (χ1n) is 9.30. The highest BCUT2D eigenvalue weighted by Crippen LogP contribution is 2.35. The molecule has 0 saturated heterocycles. The van der Waals surface area contributed by atoms with Crippen LogP contribution in [0.1, 0.15) is 18.6 Å². The van der Waals surface area contributed by atoms with Gasteiger partial charge in [-0.3, -0.25) is 0 Å². The number of nitrogens with zero attached hydrogens (tertiary/aromatic N) is 1. The van der Waals surface area contributed by atoms with Crippen molar-refractivity contribution in [1.82, 2.24) is 0 Å². The number of hydrogen-bond acceptors (Lipinski definition) is 1. The first-order valence-corrected chi connectivity index (χ1v) is 9.30. The van der Waals surface area contributed by atoms with Crippen molar-refractivity contribution in [2.24, 2.45) is 0 Å². The fourth-order valence-corrected chi connectivity index (χ4v) is 3.27. The van der Waals surface area contributed by atoms with Crippen molar-refractivity contribution in [3.8, 4) is 11.1 Å². The zero-order chi connectivity index (χ0) is 18.6. The highest BCUT2D eigenvalue weighted by atomic mass is 15.1. The van der Waals surface area contributed by atoms with E-state index in [1.165, 1.54) is 22.3 Å². The average Bonchev–Trinajstić information content (AvgIpc) is 2.72. The molecule has 0 fully saturated rings. The van der Waals surface area contributed by atoms with Gasteiger partial charge in [-0.25, -0.2) is 0 Å². The van der Waals surface area contributed by atoms with Crippen LogP contribution >= 0.6 is 0 Å². The second kappa shape index (κ2) is 8.58. The molecule has 1 nitrogen and oxygen atoms in total. The molecule has 1 heteroatoms. The van der Waals surface area contributed by atoms with Crippen molar-refractivity contribution in [3.05, 3.63) is 114 Å². The maximum absolute atomic E-state index is 2.30. The third-order valence-corrected chi connectivity index (χ3v) is 4.82. The molecule has 0 aromatic heterocycles. The molecule has 0 aliphatic carbocycles. The van der Waals surface area contributed by atoms with Crippen LogP contribution < -0.4 is 4.90 Å². The number of rotatable bonds is 4. The van der Waals surface area contributed by atoms with Crippen LogP contribution in [0.25, 0.3) is 11.1 Å². The SMILES string of the molecule is C.Cc1ccc(N(c2ccc(C)cc2)c2ccc(-c3ccccc3)cc2)cc1. The van der Waals surface area contributed by atoms with Crippen molar-refractivity contribution < 1.29 is 0 Å². The number of anilines is 3. The molecule has 0 amide bonds. The van der Waals surface area contributed by atoms with Crippen LogP contribution in [0.4, 0.5) is 17.1 Å². The van der Waals surface area contributed by atoms with Crippen LogP contribution in [0.5, 0.6) is 0 Å². The van der Waals surface area contributed by atoms with Crippen LogP contribution in [0.2, 0.25) is 0 Å². The summed E-state index contributed by atoms with van der Waals surface area (Å²) in [5, 5.41) is 0. The Bertz CT molecular complexity index is 953. The molecule has 0 unspecified atom stereocenters.